The number of fused-ring (bicyclic) bond motifs is 3. The fourth-order valence-corrected chi connectivity index (χ4v) is 6.26. The summed E-state index contributed by atoms with van der Waals surface area (Å²) >= 11 is 0. The Kier molecular flexibility index (Phi) is 4.96. The van der Waals surface area contributed by atoms with Gasteiger partial charge in [-0.15, -0.1) is 0 Å². The molecule has 0 unspecified atom stereocenters. The maximum absolute atomic E-state index is 13.6. The Morgan fingerprint density at radius 3 is 2.34 bits per heavy atom. The fourth-order valence-electron chi connectivity index (χ4n) is 4.71. The molecular weight excluding hydrogens is 462 g/mol. The Bertz CT molecular complexity index is 1590. The highest BCUT2D eigenvalue weighted by atomic mass is 32.2. The molecular formula is C26H23N5O3S. The van der Waals surface area contributed by atoms with E-state index in [0.29, 0.717) is 54.5 Å². The molecule has 0 spiro atoms. The van der Waals surface area contributed by atoms with E-state index in [1.54, 1.807) is 17.0 Å². The van der Waals surface area contributed by atoms with E-state index in [2.05, 4.69) is 0 Å². The third-order valence-electron chi connectivity index (χ3n) is 6.57. The fraction of sp³-hybridized carbons (Fsp3) is 0.192. The van der Waals surface area contributed by atoms with Gasteiger partial charge in [-0.1, -0.05) is 36.4 Å². The standard InChI is InChI=1S/C26H23N5O3S/c1-29-15-16-30(25-24(29)27-21-10-3-4-11-22(21)28-25)26(32)19-8-6-9-20(17-19)35(33,34)31-14-13-18-7-2-5-12-23(18)31/h2-12,17H,13-16H2,1H3. The summed E-state index contributed by atoms with van der Waals surface area (Å²) in [7, 11) is -1.89. The van der Waals surface area contributed by atoms with Crippen molar-refractivity contribution in [3.05, 3.63) is 83.9 Å². The Hall–Kier alpha value is -3.98. The van der Waals surface area contributed by atoms with Crippen molar-refractivity contribution in [1.29, 1.82) is 0 Å². The van der Waals surface area contributed by atoms with Gasteiger partial charge in [-0.3, -0.25) is 14.0 Å². The Balaban J connectivity index is 1.37. The van der Waals surface area contributed by atoms with Crippen molar-refractivity contribution in [1.82, 2.24) is 9.97 Å². The molecule has 8 nitrogen and oxygen atoms in total. The highest BCUT2D eigenvalue weighted by molar-refractivity contribution is 7.92. The van der Waals surface area contributed by atoms with Crippen LogP contribution in [0.25, 0.3) is 11.0 Å². The van der Waals surface area contributed by atoms with E-state index in [9.17, 15) is 13.2 Å². The zero-order valence-corrected chi connectivity index (χ0v) is 19.9. The highest BCUT2D eigenvalue weighted by Crippen LogP contribution is 2.34. The Morgan fingerprint density at radius 1 is 0.829 bits per heavy atom. The van der Waals surface area contributed by atoms with Gasteiger partial charge in [-0.05, 0) is 48.4 Å². The lowest BCUT2D eigenvalue weighted by Crippen LogP contribution is -2.43. The summed E-state index contributed by atoms with van der Waals surface area (Å²) in [6, 6.07) is 21.3. The maximum Gasteiger partial charge on any atom is 0.264 e. The third kappa shape index (κ3) is 3.50. The minimum Gasteiger partial charge on any atom is -0.355 e. The SMILES string of the molecule is CN1CCN(C(=O)c2cccc(S(=O)(=O)N3CCc4ccccc43)c2)c2nc3ccccc3nc21. The minimum absolute atomic E-state index is 0.0963. The molecule has 1 amide bonds. The lowest BCUT2D eigenvalue weighted by atomic mass is 10.2. The van der Waals surface area contributed by atoms with Gasteiger partial charge in [0.15, 0.2) is 11.6 Å². The van der Waals surface area contributed by atoms with Crippen LogP contribution in [-0.2, 0) is 16.4 Å². The third-order valence-corrected chi connectivity index (χ3v) is 8.38. The number of hydrogen-bond donors (Lipinski definition) is 0. The van der Waals surface area contributed by atoms with Crippen LogP contribution in [0.4, 0.5) is 17.3 Å². The molecule has 0 bridgehead atoms. The summed E-state index contributed by atoms with van der Waals surface area (Å²) in [5, 5.41) is 0. The summed E-state index contributed by atoms with van der Waals surface area (Å²) in [5.41, 5.74) is 3.45. The summed E-state index contributed by atoms with van der Waals surface area (Å²) in [5.74, 6) is 0.799. The molecule has 6 rings (SSSR count). The van der Waals surface area contributed by atoms with Crippen LogP contribution < -0.4 is 14.1 Å². The quantitative estimate of drug-likeness (QED) is 0.442. The summed E-state index contributed by atoms with van der Waals surface area (Å²) in [6.45, 7) is 1.40. The first-order valence-electron chi connectivity index (χ1n) is 11.4. The number of benzene rings is 3. The number of hydrogen-bond acceptors (Lipinski definition) is 6. The van der Waals surface area contributed by atoms with Crippen molar-refractivity contribution in [2.45, 2.75) is 11.3 Å². The minimum atomic E-state index is -3.81. The molecule has 3 aromatic carbocycles. The first kappa shape index (κ1) is 21.5. The van der Waals surface area contributed by atoms with Crippen LogP contribution in [0, 0.1) is 0 Å². The van der Waals surface area contributed by atoms with Crippen molar-refractivity contribution in [3.8, 4) is 0 Å². The number of amides is 1. The highest BCUT2D eigenvalue weighted by Gasteiger charge is 2.33. The average molecular weight is 486 g/mol. The number of carbonyl (C=O) groups excluding carboxylic acids is 1. The number of anilines is 3. The zero-order valence-electron chi connectivity index (χ0n) is 19.1. The molecule has 1 aromatic heterocycles. The summed E-state index contributed by atoms with van der Waals surface area (Å²) < 4.78 is 28.4. The molecule has 3 heterocycles. The molecule has 0 atom stereocenters. The summed E-state index contributed by atoms with van der Waals surface area (Å²) in [6.07, 6.45) is 0.665. The predicted molar refractivity (Wildman–Crippen MR) is 136 cm³/mol. The van der Waals surface area contributed by atoms with Crippen LogP contribution in [0.2, 0.25) is 0 Å². The van der Waals surface area contributed by atoms with Gasteiger partial charge in [-0.25, -0.2) is 18.4 Å². The van der Waals surface area contributed by atoms with Crippen molar-refractivity contribution in [2.75, 3.05) is 40.8 Å². The van der Waals surface area contributed by atoms with Gasteiger partial charge in [0, 0.05) is 32.2 Å². The van der Waals surface area contributed by atoms with Gasteiger partial charge in [0.1, 0.15) is 0 Å². The van der Waals surface area contributed by atoms with Crippen LogP contribution in [0.1, 0.15) is 15.9 Å². The molecule has 35 heavy (non-hydrogen) atoms. The van der Waals surface area contributed by atoms with Crippen molar-refractivity contribution in [3.63, 3.8) is 0 Å². The molecule has 9 heteroatoms. The topological polar surface area (TPSA) is 86.7 Å². The van der Waals surface area contributed by atoms with E-state index in [-0.39, 0.29) is 10.8 Å². The first-order valence-corrected chi connectivity index (χ1v) is 12.9. The van der Waals surface area contributed by atoms with Gasteiger partial charge < -0.3 is 4.90 Å². The summed E-state index contributed by atoms with van der Waals surface area (Å²) in [4.78, 5) is 26.7. The van der Waals surface area contributed by atoms with Crippen LogP contribution in [-0.4, -0.2) is 51.0 Å². The molecule has 4 aromatic rings. The molecule has 0 radical (unpaired) electrons. The van der Waals surface area contributed by atoms with Gasteiger partial charge in [0.25, 0.3) is 15.9 Å². The number of aromatic nitrogens is 2. The Labute approximate surface area is 203 Å². The monoisotopic (exact) mass is 485 g/mol. The molecule has 2 aliphatic heterocycles. The molecule has 0 N–H and O–H groups in total. The number of para-hydroxylation sites is 3. The normalized spacial score (nSPS) is 15.3. The molecule has 176 valence electrons. The molecule has 2 aliphatic rings. The second-order valence-corrected chi connectivity index (χ2v) is 10.6. The van der Waals surface area contributed by atoms with E-state index in [1.807, 2.05) is 60.5 Å². The number of likely N-dealkylation sites (N-methyl/N-ethyl adjacent to an activating group) is 1. The van der Waals surface area contributed by atoms with E-state index in [1.165, 1.54) is 16.4 Å². The molecule has 0 aliphatic carbocycles. The first-order chi connectivity index (χ1) is 16.9. The second kappa shape index (κ2) is 8.06. The average Bonchev–Trinajstić information content (AvgIpc) is 3.33. The predicted octanol–water partition coefficient (Wildman–Crippen LogP) is 3.48. The van der Waals surface area contributed by atoms with Crippen molar-refractivity contribution >= 4 is 44.3 Å². The van der Waals surface area contributed by atoms with Gasteiger partial charge in [-0.2, -0.15) is 0 Å². The van der Waals surface area contributed by atoms with Gasteiger partial charge in [0.05, 0.1) is 21.6 Å². The van der Waals surface area contributed by atoms with E-state index in [0.717, 1.165) is 11.1 Å². The molecule has 0 saturated heterocycles. The van der Waals surface area contributed by atoms with Gasteiger partial charge in [0.2, 0.25) is 0 Å². The number of sulfonamides is 1. The number of carbonyl (C=O) groups is 1. The largest absolute Gasteiger partial charge is 0.355 e. The molecule has 0 saturated carbocycles. The van der Waals surface area contributed by atoms with Crippen molar-refractivity contribution < 1.29 is 13.2 Å². The smallest absolute Gasteiger partial charge is 0.264 e. The van der Waals surface area contributed by atoms with E-state index >= 15 is 0 Å². The van der Waals surface area contributed by atoms with Crippen LogP contribution in [0.15, 0.2) is 77.7 Å². The van der Waals surface area contributed by atoms with E-state index < -0.39 is 10.0 Å². The zero-order chi connectivity index (χ0) is 24.2. The van der Waals surface area contributed by atoms with Crippen LogP contribution in [0.5, 0.6) is 0 Å². The molecule has 0 fully saturated rings. The lowest BCUT2D eigenvalue weighted by molar-refractivity contribution is 0.0985. The van der Waals surface area contributed by atoms with Crippen LogP contribution in [0.3, 0.4) is 0 Å². The maximum atomic E-state index is 13.6. The van der Waals surface area contributed by atoms with Crippen LogP contribution >= 0.6 is 0 Å². The number of nitrogens with zero attached hydrogens (tertiary/aromatic N) is 5. The second-order valence-electron chi connectivity index (χ2n) is 8.72. The van der Waals surface area contributed by atoms with Crippen molar-refractivity contribution in [2.24, 2.45) is 0 Å². The Morgan fingerprint density at radius 2 is 1.54 bits per heavy atom. The lowest BCUT2D eigenvalue weighted by Gasteiger charge is -2.33. The number of rotatable bonds is 3. The van der Waals surface area contributed by atoms with E-state index in [4.69, 9.17) is 9.97 Å². The van der Waals surface area contributed by atoms with Gasteiger partial charge >= 0.3 is 0 Å².